The topological polar surface area (TPSA) is 24.9 Å². The molecule has 2 aliphatic rings. The van der Waals surface area contributed by atoms with Crippen LogP contribution in [-0.4, -0.2) is 17.6 Å². The highest BCUT2D eigenvalue weighted by molar-refractivity contribution is 9.10. The highest BCUT2D eigenvalue weighted by atomic mass is 79.9. The number of halogens is 1. The Hall–Kier alpha value is -0.670. The Morgan fingerprint density at radius 1 is 1.40 bits per heavy atom. The molecular formula is C12H13BrN2. The van der Waals surface area contributed by atoms with Gasteiger partial charge in [0.05, 0.1) is 0 Å². The molecule has 78 valence electrons. The van der Waals surface area contributed by atoms with E-state index in [9.17, 15) is 0 Å². The smallest absolute Gasteiger partial charge is 0.0410 e. The molecule has 0 bridgehead atoms. The van der Waals surface area contributed by atoms with Crippen molar-refractivity contribution in [3.8, 4) is 0 Å². The summed E-state index contributed by atoms with van der Waals surface area (Å²) < 4.78 is 1.06. The van der Waals surface area contributed by atoms with Crippen LogP contribution in [0.3, 0.4) is 0 Å². The van der Waals surface area contributed by atoms with Gasteiger partial charge in [-0.25, -0.2) is 0 Å². The van der Waals surface area contributed by atoms with Crippen molar-refractivity contribution in [2.45, 2.75) is 18.9 Å². The van der Waals surface area contributed by atoms with Crippen LogP contribution in [0.15, 0.2) is 29.0 Å². The van der Waals surface area contributed by atoms with Gasteiger partial charge in [0, 0.05) is 22.9 Å². The van der Waals surface area contributed by atoms with Crippen LogP contribution >= 0.6 is 15.9 Å². The molecule has 2 nitrogen and oxygen atoms in total. The van der Waals surface area contributed by atoms with E-state index in [1.54, 1.807) is 0 Å². The molecule has 1 aromatic rings. The maximum atomic E-state index is 4.21. The molecule has 1 N–H and O–H groups in total. The third kappa shape index (κ3) is 1.74. The van der Waals surface area contributed by atoms with Crippen molar-refractivity contribution in [1.82, 2.24) is 10.3 Å². The fourth-order valence-electron chi connectivity index (χ4n) is 2.57. The largest absolute Gasteiger partial charge is 0.310 e. The number of aromatic nitrogens is 1. The predicted molar refractivity (Wildman–Crippen MR) is 64.4 cm³/mol. The highest BCUT2D eigenvalue weighted by Gasteiger charge is 2.31. The van der Waals surface area contributed by atoms with Crippen molar-refractivity contribution in [3.63, 3.8) is 0 Å². The Kier molecular flexibility index (Phi) is 2.37. The maximum absolute atomic E-state index is 4.21. The van der Waals surface area contributed by atoms with Gasteiger partial charge in [-0.15, -0.1) is 0 Å². The summed E-state index contributed by atoms with van der Waals surface area (Å²) in [7, 11) is 0. The fourth-order valence-corrected chi connectivity index (χ4v) is 2.94. The highest BCUT2D eigenvalue weighted by Crippen LogP contribution is 2.36. The third-order valence-electron chi connectivity index (χ3n) is 3.34. The second-order valence-corrected chi connectivity index (χ2v) is 5.23. The van der Waals surface area contributed by atoms with E-state index in [0.29, 0.717) is 6.04 Å². The Balaban J connectivity index is 1.90. The Morgan fingerprint density at radius 2 is 2.33 bits per heavy atom. The van der Waals surface area contributed by atoms with Crippen molar-refractivity contribution < 1.29 is 0 Å². The average Bonchev–Trinajstić information content (AvgIpc) is 2.76. The van der Waals surface area contributed by atoms with E-state index in [2.05, 4.69) is 38.4 Å². The molecule has 1 saturated heterocycles. The van der Waals surface area contributed by atoms with E-state index in [-0.39, 0.29) is 0 Å². The van der Waals surface area contributed by atoms with Crippen LogP contribution in [0.4, 0.5) is 0 Å². The first kappa shape index (κ1) is 9.55. The van der Waals surface area contributed by atoms with Gasteiger partial charge in [0.25, 0.3) is 0 Å². The molecule has 15 heavy (non-hydrogen) atoms. The SMILES string of the molecule is Brc1cncc(C2=C[C@@H]3NCC[C@@H]3C2)c1. The summed E-state index contributed by atoms with van der Waals surface area (Å²) in [4.78, 5) is 4.21. The molecular weight excluding hydrogens is 252 g/mol. The van der Waals surface area contributed by atoms with E-state index in [1.165, 1.54) is 30.5 Å². The van der Waals surface area contributed by atoms with Gasteiger partial charge >= 0.3 is 0 Å². The third-order valence-corrected chi connectivity index (χ3v) is 3.78. The lowest BCUT2D eigenvalue weighted by atomic mass is 10.00. The predicted octanol–water partition coefficient (Wildman–Crippen LogP) is 2.61. The van der Waals surface area contributed by atoms with E-state index < -0.39 is 0 Å². The number of rotatable bonds is 1. The van der Waals surface area contributed by atoms with Gasteiger partial charge < -0.3 is 5.32 Å². The summed E-state index contributed by atoms with van der Waals surface area (Å²) in [6, 6.07) is 2.76. The van der Waals surface area contributed by atoms with Crippen LogP contribution in [-0.2, 0) is 0 Å². The Morgan fingerprint density at radius 3 is 3.13 bits per heavy atom. The van der Waals surface area contributed by atoms with Crippen LogP contribution < -0.4 is 5.32 Å². The van der Waals surface area contributed by atoms with Gasteiger partial charge in [0.15, 0.2) is 0 Å². The van der Waals surface area contributed by atoms with Crippen LogP contribution in [0.5, 0.6) is 0 Å². The summed E-state index contributed by atoms with van der Waals surface area (Å²) >= 11 is 3.47. The zero-order valence-corrected chi connectivity index (χ0v) is 10.00. The van der Waals surface area contributed by atoms with E-state index in [4.69, 9.17) is 0 Å². The minimum atomic E-state index is 0.610. The van der Waals surface area contributed by atoms with Crippen molar-refractivity contribution in [2.75, 3.05) is 6.54 Å². The summed E-state index contributed by atoms with van der Waals surface area (Å²) in [5, 5.41) is 3.52. The quantitative estimate of drug-likeness (QED) is 0.844. The zero-order chi connectivity index (χ0) is 10.3. The second-order valence-electron chi connectivity index (χ2n) is 4.32. The number of hydrogen-bond donors (Lipinski definition) is 1. The van der Waals surface area contributed by atoms with Crippen molar-refractivity contribution in [2.24, 2.45) is 5.92 Å². The van der Waals surface area contributed by atoms with Gasteiger partial charge in [-0.05, 0) is 58.4 Å². The molecule has 2 atom stereocenters. The molecule has 0 amide bonds. The molecule has 0 radical (unpaired) electrons. The number of nitrogens with zero attached hydrogens (tertiary/aromatic N) is 1. The monoisotopic (exact) mass is 264 g/mol. The van der Waals surface area contributed by atoms with Crippen LogP contribution in [0, 0.1) is 5.92 Å². The second kappa shape index (κ2) is 3.72. The fraction of sp³-hybridized carbons (Fsp3) is 0.417. The Bertz CT molecular complexity index is 414. The zero-order valence-electron chi connectivity index (χ0n) is 8.41. The first-order valence-electron chi connectivity index (χ1n) is 5.38. The summed E-state index contributed by atoms with van der Waals surface area (Å²) in [6.45, 7) is 1.18. The van der Waals surface area contributed by atoms with E-state index in [0.717, 1.165) is 10.4 Å². The van der Waals surface area contributed by atoms with Gasteiger partial charge in [0.1, 0.15) is 0 Å². The summed E-state index contributed by atoms with van der Waals surface area (Å²) in [6.07, 6.45) is 8.68. The van der Waals surface area contributed by atoms with Crippen LogP contribution in [0.1, 0.15) is 18.4 Å². The van der Waals surface area contributed by atoms with Gasteiger partial charge in [0.2, 0.25) is 0 Å². The van der Waals surface area contributed by atoms with Gasteiger partial charge in [-0.2, -0.15) is 0 Å². The normalized spacial score (nSPS) is 29.0. The maximum Gasteiger partial charge on any atom is 0.0410 e. The van der Waals surface area contributed by atoms with Crippen molar-refractivity contribution >= 4 is 21.5 Å². The van der Waals surface area contributed by atoms with Crippen LogP contribution in [0.2, 0.25) is 0 Å². The van der Waals surface area contributed by atoms with Crippen molar-refractivity contribution in [3.05, 3.63) is 34.6 Å². The van der Waals surface area contributed by atoms with Crippen LogP contribution in [0.25, 0.3) is 5.57 Å². The molecule has 3 heteroatoms. The lowest BCUT2D eigenvalue weighted by Gasteiger charge is -2.06. The average molecular weight is 265 g/mol. The van der Waals surface area contributed by atoms with Crippen molar-refractivity contribution in [1.29, 1.82) is 0 Å². The number of nitrogens with one attached hydrogen (secondary N) is 1. The minimum Gasteiger partial charge on any atom is -0.310 e. The minimum absolute atomic E-state index is 0.610. The molecule has 1 aliphatic carbocycles. The lowest BCUT2D eigenvalue weighted by molar-refractivity contribution is 0.553. The number of pyridine rings is 1. The standard InChI is InChI=1S/C12H13BrN2/c13-11-4-10(6-14-7-11)9-3-8-1-2-15-12(8)5-9/h4-8,12,15H,1-3H2/t8-,12+/m1/s1. The lowest BCUT2D eigenvalue weighted by Crippen LogP contribution is -2.20. The van der Waals surface area contributed by atoms with Gasteiger partial charge in [-0.1, -0.05) is 6.08 Å². The van der Waals surface area contributed by atoms with Gasteiger partial charge in [-0.3, -0.25) is 4.98 Å². The molecule has 3 rings (SSSR count). The molecule has 1 fully saturated rings. The molecule has 1 aliphatic heterocycles. The molecule has 1 aromatic heterocycles. The molecule has 0 saturated carbocycles. The van der Waals surface area contributed by atoms with E-state index >= 15 is 0 Å². The first-order valence-corrected chi connectivity index (χ1v) is 6.17. The number of fused-ring (bicyclic) bond motifs is 1. The molecule has 0 spiro atoms. The van der Waals surface area contributed by atoms with E-state index in [1.807, 2.05) is 12.4 Å². The summed E-state index contributed by atoms with van der Waals surface area (Å²) in [5.41, 5.74) is 2.71. The number of hydrogen-bond acceptors (Lipinski definition) is 2. The first-order chi connectivity index (χ1) is 7.33. The molecule has 0 aromatic carbocycles. The Labute approximate surface area is 97.9 Å². The summed E-state index contributed by atoms with van der Waals surface area (Å²) in [5.74, 6) is 0.819. The molecule has 0 unspecified atom stereocenters. The molecule has 2 heterocycles. The number of allylic oxidation sites excluding steroid dienone is 1.